The number of carboxylic acid groups (broad SMARTS) is 1. The van der Waals surface area contributed by atoms with Gasteiger partial charge in [-0.1, -0.05) is 0 Å². The smallest absolute Gasteiger partial charge is 0.339 e. The Balaban J connectivity index is 3.21. The van der Waals surface area contributed by atoms with Crippen molar-refractivity contribution in [2.45, 2.75) is 39.9 Å². The van der Waals surface area contributed by atoms with Gasteiger partial charge in [-0.05, 0) is 49.7 Å². The van der Waals surface area contributed by atoms with Crippen molar-refractivity contribution in [2.75, 3.05) is 0 Å². The highest BCUT2D eigenvalue weighted by Crippen LogP contribution is 2.34. The molecule has 0 unspecified atom stereocenters. The Morgan fingerprint density at radius 1 is 1.11 bits per heavy atom. The Labute approximate surface area is 115 Å². The third-order valence-electron chi connectivity index (χ3n) is 1.99. The van der Waals surface area contributed by atoms with Crippen molar-refractivity contribution in [2.24, 2.45) is 0 Å². The summed E-state index contributed by atoms with van der Waals surface area (Å²) < 4.78 is 11.7. The summed E-state index contributed by atoms with van der Waals surface area (Å²) in [6, 6.07) is 3.10. The fourth-order valence-corrected chi connectivity index (χ4v) is 1.83. The first kappa shape index (κ1) is 14.8. The summed E-state index contributed by atoms with van der Waals surface area (Å²) in [5.74, 6) is -0.135. The predicted molar refractivity (Wildman–Crippen MR) is 72.6 cm³/mol. The van der Waals surface area contributed by atoms with Crippen molar-refractivity contribution in [3.8, 4) is 11.5 Å². The molecule has 1 rings (SSSR count). The van der Waals surface area contributed by atoms with Gasteiger partial charge in [0.25, 0.3) is 0 Å². The van der Waals surface area contributed by atoms with Crippen LogP contribution >= 0.6 is 15.9 Å². The molecule has 0 aliphatic heterocycles. The molecule has 0 saturated carbocycles. The van der Waals surface area contributed by atoms with Crippen LogP contribution in [0.2, 0.25) is 0 Å². The Morgan fingerprint density at radius 2 is 1.61 bits per heavy atom. The summed E-state index contributed by atoms with van der Waals surface area (Å²) in [7, 11) is 0. The Kier molecular flexibility index (Phi) is 5.02. The van der Waals surface area contributed by atoms with Gasteiger partial charge in [0.15, 0.2) is 0 Å². The first-order chi connectivity index (χ1) is 8.31. The third-order valence-corrected chi connectivity index (χ3v) is 2.61. The molecular weight excluding hydrogens is 300 g/mol. The highest BCUT2D eigenvalue weighted by molar-refractivity contribution is 9.10. The van der Waals surface area contributed by atoms with Gasteiger partial charge >= 0.3 is 5.97 Å². The minimum Gasteiger partial charge on any atom is -0.490 e. The Hall–Kier alpha value is -1.23. The zero-order valence-corrected chi connectivity index (χ0v) is 12.4. The van der Waals surface area contributed by atoms with Gasteiger partial charge in [0.1, 0.15) is 17.1 Å². The minimum atomic E-state index is -1.03. The molecule has 1 aromatic rings. The van der Waals surface area contributed by atoms with E-state index in [4.69, 9.17) is 14.6 Å². The second kappa shape index (κ2) is 6.09. The number of aromatic carboxylic acids is 1. The van der Waals surface area contributed by atoms with Crippen LogP contribution in [-0.2, 0) is 0 Å². The van der Waals surface area contributed by atoms with Crippen LogP contribution in [0.15, 0.2) is 16.6 Å². The highest BCUT2D eigenvalue weighted by atomic mass is 79.9. The van der Waals surface area contributed by atoms with Gasteiger partial charge in [0.05, 0.1) is 16.7 Å². The maximum atomic E-state index is 11.1. The summed E-state index contributed by atoms with van der Waals surface area (Å²) in [6.07, 6.45) is -0.0972. The zero-order valence-electron chi connectivity index (χ0n) is 10.9. The maximum Gasteiger partial charge on any atom is 0.339 e. The molecule has 5 heteroatoms. The molecule has 0 heterocycles. The molecule has 0 atom stereocenters. The van der Waals surface area contributed by atoms with Crippen molar-refractivity contribution in [3.63, 3.8) is 0 Å². The van der Waals surface area contributed by atoms with E-state index in [1.165, 1.54) is 6.07 Å². The van der Waals surface area contributed by atoms with E-state index in [2.05, 4.69) is 15.9 Å². The van der Waals surface area contributed by atoms with Crippen LogP contribution in [-0.4, -0.2) is 23.3 Å². The van der Waals surface area contributed by atoms with Crippen LogP contribution in [0.25, 0.3) is 0 Å². The lowest BCUT2D eigenvalue weighted by Gasteiger charge is -2.17. The topological polar surface area (TPSA) is 55.8 Å². The van der Waals surface area contributed by atoms with Gasteiger partial charge in [-0.15, -0.1) is 0 Å². The minimum absolute atomic E-state index is 0.00359. The van der Waals surface area contributed by atoms with Crippen LogP contribution in [0.1, 0.15) is 38.1 Å². The molecule has 0 amide bonds. The molecule has 18 heavy (non-hydrogen) atoms. The lowest BCUT2D eigenvalue weighted by molar-refractivity contribution is 0.0690. The van der Waals surface area contributed by atoms with Crippen molar-refractivity contribution >= 4 is 21.9 Å². The lowest BCUT2D eigenvalue weighted by Crippen LogP contribution is -2.12. The summed E-state index contributed by atoms with van der Waals surface area (Å²) in [5, 5.41) is 9.13. The normalized spacial score (nSPS) is 10.8. The molecular formula is C13H17BrO4. The number of ether oxygens (including phenoxy) is 2. The molecule has 0 fully saturated rings. The number of hydrogen-bond acceptors (Lipinski definition) is 3. The quantitative estimate of drug-likeness (QED) is 0.899. The van der Waals surface area contributed by atoms with E-state index >= 15 is 0 Å². The average Bonchev–Trinajstić information content (AvgIpc) is 2.20. The van der Waals surface area contributed by atoms with Gasteiger partial charge < -0.3 is 14.6 Å². The van der Waals surface area contributed by atoms with Crippen LogP contribution < -0.4 is 9.47 Å². The molecule has 0 saturated heterocycles. The van der Waals surface area contributed by atoms with Crippen molar-refractivity contribution in [1.29, 1.82) is 0 Å². The van der Waals surface area contributed by atoms with E-state index in [1.54, 1.807) is 6.07 Å². The molecule has 0 aromatic heterocycles. The van der Waals surface area contributed by atoms with Crippen LogP contribution in [0.5, 0.6) is 11.5 Å². The molecule has 0 radical (unpaired) electrons. The van der Waals surface area contributed by atoms with E-state index in [0.717, 1.165) is 0 Å². The number of hydrogen-bond donors (Lipinski definition) is 1. The Morgan fingerprint density at radius 3 is 2.06 bits per heavy atom. The van der Waals surface area contributed by atoms with Gasteiger partial charge in [-0.2, -0.15) is 0 Å². The Bertz CT molecular complexity index is 441. The van der Waals surface area contributed by atoms with Crippen molar-refractivity contribution in [1.82, 2.24) is 0 Å². The fourth-order valence-electron chi connectivity index (χ4n) is 1.40. The zero-order chi connectivity index (χ0) is 13.9. The van der Waals surface area contributed by atoms with E-state index in [-0.39, 0.29) is 17.8 Å². The molecule has 0 aliphatic carbocycles. The molecule has 1 aromatic carbocycles. The third kappa shape index (κ3) is 3.91. The van der Waals surface area contributed by atoms with E-state index in [9.17, 15) is 4.79 Å². The second-order valence-corrected chi connectivity index (χ2v) is 5.27. The molecule has 1 N–H and O–H groups in total. The van der Waals surface area contributed by atoms with Gasteiger partial charge in [-0.3, -0.25) is 0 Å². The van der Waals surface area contributed by atoms with Crippen LogP contribution in [0.4, 0.5) is 0 Å². The van der Waals surface area contributed by atoms with Crippen LogP contribution in [0, 0.1) is 0 Å². The predicted octanol–water partition coefficient (Wildman–Crippen LogP) is 3.72. The maximum absolute atomic E-state index is 11.1. The number of carboxylic acids is 1. The summed E-state index contributed by atoms with van der Waals surface area (Å²) >= 11 is 3.30. The van der Waals surface area contributed by atoms with Gasteiger partial charge in [0.2, 0.25) is 0 Å². The van der Waals surface area contributed by atoms with Crippen LogP contribution in [0.3, 0.4) is 0 Å². The summed E-state index contributed by atoms with van der Waals surface area (Å²) in [6.45, 7) is 7.49. The monoisotopic (exact) mass is 316 g/mol. The first-order valence-electron chi connectivity index (χ1n) is 5.71. The van der Waals surface area contributed by atoms with Gasteiger partial charge in [-0.25, -0.2) is 4.79 Å². The molecule has 100 valence electrons. The number of carbonyl (C=O) groups is 1. The SMILES string of the molecule is CC(C)Oc1cc(OC(C)C)c(C(=O)O)cc1Br. The van der Waals surface area contributed by atoms with E-state index in [0.29, 0.717) is 16.0 Å². The lowest BCUT2D eigenvalue weighted by atomic mass is 10.2. The number of benzene rings is 1. The summed E-state index contributed by atoms with van der Waals surface area (Å²) in [5.41, 5.74) is 0.117. The molecule has 0 bridgehead atoms. The van der Waals surface area contributed by atoms with Crippen molar-refractivity contribution < 1.29 is 19.4 Å². The standard InChI is InChI=1S/C13H17BrO4/c1-7(2)17-11-6-12(18-8(3)4)10(14)5-9(11)13(15)16/h5-8H,1-4H3,(H,15,16). The second-order valence-electron chi connectivity index (χ2n) is 4.42. The number of halogens is 1. The van der Waals surface area contributed by atoms with E-state index in [1.807, 2.05) is 27.7 Å². The van der Waals surface area contributed by atoms with Crippen molar-refractivity contribution in [3.05, 3.63) is 22.2 Å². The largest absolute Gasteiger partial charge is 0.490 e. The highest BCUT2D eigenvalue weighted by Gasteiger charge is 2.17. The molecule has 0 spiro atoms. The number of rotatable bonds is 5. The summed E-state index contributed by atoms with van der Waals surface area (Å²) in [4.78, 5) is 11.1. The molecule has 4 nitrogen and oxygen atoms in total. The fraction of sp³-hybridized carbons (Fsp3) is 0.462. The average molecular weight is 317 g/mol. The first-order valence-corrected chi connectivity index (χ1v) is 6.50. The van der Waals surface area contributed by atoms with Gasteiger partial charge in [0, 0.05) is 6.07 Å². The molecule has 0 aliphatic rings. The van der Waals surface area contributed by atoms with E-state index < -0.39 is 5.97 Å².